The van der Waals surface area contributed by atoms with Crippen molar-refractivity contribution in [3.8, 4) is 0 Å². The molecule has 1 aliphatic rings. The van der Waals surface area contributed by atoms with Gasteiger partial charge in [-0.25, -0.2) is 0 Å². The minimum atomic E-state index is -0.942. The van der Waals surface area contributed by atoms with Gasteiger partial charge in [0, 0.05) is 5.75 Å². The maximum absolute atomic E-state index is 11.2. The van der Waals surface area contributed by atoms with Crippen molar-refractivity contribution in [1.82, 2.24) is 0 Å². The van der Waals surface area contributed by atoms with Crippen LogP contribution >= 0.6 is 11.8 Å². The van der Waals surface area contributed by atoms with Crippen LogP contribution in [0.4, 0.5) is 0 Å². The minimum absolute atomic E-state index is 0.0709. The van der Waals surface area contributed by atoms with Crippen LogP contribution in [0.1, 0.15) is 116 Å². The Bertz CT molecular complexity index is 540. The smallest absolute Gasteiger partial charge is 0.306 e. The fraction of sp³-hybridized carbons (Fsp3) is 0.846. The Morgan fingerprint density at radius 1 is 0.938 bits per heavy atom. The first-order valence-corrected chi connectivity index (χ1v) is 13.9. The van der Waals surface area contributed by atoms with E-state index in [9.17, 15) is 19.8 Å². The van der Waals surface area contributed by atoms with Gasteiger partial charge in [0.15, 0.2) is 0 Å². The number of unbranched alkanes of at least 4 members (excludes halogenated alkanes) is 11. The van der Waals surface area contributed by atoms with E-state index in [-0.39, 0.29) is 17.6 Å². The van der Waals surface area contributed by atoms with E-state index in [0.29, 0.717) is 31.4 Å². The van der Waals surface area contributed by atoms with Crippen LogP contribution in [0.2, 0.25) is 0 Å². The first-order chi connectivity index (χ1) is 15.4. The average Bonchev–Trinajstić information content (AvgIpc) is 2.75. The van der Waals surface area contributed by atoms with Crippen molar-refractivity contribution in [2.75, 3.05) is 5.75 Å². The highest BCUT2D eigenvalue weighted by Gasteiger charge is 2.40. The topological polar surface area (TPSA) is 94.8 Å². The molecule has 1 unspecified atom stereocenters. The van der Waals surface area contributed by atoms with Gasteiger partial charge in [-0.1, -0.05) is 83.3 Å². The number of aliphatic hydroxyl groups is 1. The molecule has 5 nitrogen and oxygen atoms in total. The fourth-order valence-corrected chi connectivity index (χ4v) is 5.77. The molecule has 0 bridgehead atoms. The van der Waals surface area contributed by atoms with Gasteiger partial charge in [0.05, 0.1) is 23.2 Å². The third kappa shape index (κ3) is 12.9. The molecule has 32 heavy (non-hydrogen) atoms. The van der Waals surface area contributed by atoms with E-state index in [1.165, 1.54) is 76.0 Å². The number of hydrogen-bond donors (Lipinski definition) is 3. The summed E-state index contributed by atoms with van der Waals surface area (Å²) in [5, 5.41) is 29.2. The first kappa shape index (κ1) is 29.0. The molecule has 0 radical (unpaired) electrons. The highest BCUT2D eigenvalue weighted by molar-refractivity contribution is 8.00. The van der Waals surface area contributed by atoms with Crippen LogP contribution < -0.4 is 0 Å². The molecule has 3 N–H and O–H groups in total. The minimum Gasteiger partial charge on any atom is -0.481 e. The summed E-state index contributed by atoms with van der Waals surface area (Å²) in [7, 11) is 0. The SMILES string of the molecule is CCCCCCCCCCCCC/C=C\C(SCCC(=O)O)C1(O)CCC(C(=O)O)CC1. The lowest BCUT2D eigenvalue weighted by Crippen LogP contribution is -2.44. The van der Waals surface area contributed by atoms with Crippen LogP contribution in [0.5, 0.6) is 0 Å². The van der Waals surface area contributed by atoms with Crippen LogP contribution in [0, 0.1) is 5.92 Å². The van der Waals surface area contributed by atoms with Crippen molar-refractivity contribution in [3.05, 3.63) is 12.2 Å². The third-order valence-electron chi connectivity index (χ3n) is 6.63. The van der Waals surface area contributed by atoms with E-state index in [4.69, 9.17) is 5.11 Å². The highest BCUT2D eigenvalue weighted by atomic mass is 32.2. The summed E-state index contributed by atoms with van der Waals surface area (Å²) in [5.41, 5.74) is -0.942. The molecular formula is C26H46O5S. The molecule has 1 aliphatic carbocycles. The van der Waals surface area contributed by atoms with Gasteiger partial charge < -0.3 is 15.3 Å². The van der Waals surface area contributed by atoms with Crippen molar-refractivity contribution in [2.45, 2.75) is 127 Å². The number of allylic oxidation sites excluding steroid dienone is 1. The molecule has 1 atom stereocenters. The standard InChI is InChI=1S/C26H46O5S/c1-2-3-4-5-6-7-8-9-10-11-12-13-14-15-23(32-21-18-24(27)28)26(31)19-16-22(17-20-26)25(29)30/h14-15,22-23,31H,2-13,16-21H2,1H3,(H,27,28)(H,29,30)/b15-14-. The summed E-state index contributed by atoms with van der Waals surface area (Å²) in [6, 6.07) is 0. The predicted octanol–water partition coefficient (Wildman–Crippen LogP) is 6.83. The molecule has 1 saturated carbocycles. The Morgan fingerprint density at radius 2 is 1.47 bits per heavy atom. The van der Waals surface area contributed by atoms with Crippen molar-refractivity contribution < 1.29 is 24.9 Å². The lowest BCUT2D eigenvalue weighted by molar-refractivity contribution is -0.144. The van der Waals surface area contributed by atoms with Crippen molar-refractivity contribution in [2.24, 2.45) is 5.92 Å². The Balaban J connectivity index is 2.30. The van der Waals surface area contributed by atoms with Gasteiger partial charge in [-0.05, 0) is 38.5 Å². The van der Waals surface area contributed by atoms with Gasteiger partial charge in [0.2, 0.25) is 0 Å². The second kappa shape index (κ2) is 17.5. The molecule has 1 fully saturated rings. The molecule has 0 spiro atoms. The van der Waals surface area contributed by atoms with Gasteiger partial charge >= 0.3 is 11.9 Å². The zero-order valence-electron chi connectivity index (χ0n) is 20.1. The Hall–Kier alpha value is -1.01. The maximum atomic E-state index is 11.2. The predicted molar refractivity (Wildman–Crippen MR) is 133 cm³/mol. The van der Waals surface area contributed by atoms with Crippen molar-refractivity contribution in [3.63, 3.8) is 0 Å². The molecule has 0 aliphatic heterocycles. The maximum Gasteiger partial charge on any atom is 0.306 e. The lowest BCUT2D eigenvalue weighted by atomic mass is 9.77. The van der Waals surface area contributed by atoms with E-state index < -0.39 is 17.5 Å². The lowest BCUT2D eigenvalue weighted by Gasteiger charge is -2.39. The highest BCUT2D eigenvalue weighted by Crippen LogP contribution is 2.40. The van der Waals surface area contributed by atoms with Gasteiger partial charge in [-0.15, -0.1) is 0 Å². The van der Waals surface area contributed by atoms with Gasteiger partial charge in [-0.2, -0.15) is 11.8 Å². The van der Waals surface area contributed by atoms with Crippen LogP contribution in [0.3, 0.4) is 0 Å². The van der Waals surface area contributed by atoms with E-state index in [0.717, 1.165) is 12.8 Å². The zero-order valence-corrected chi connectivity index (χ0v) is 20.9. The molecule has 0 heterocycles. The molecule has 0 aromatic carbocycles. The monoisotopic (exact) mass is 470 g/mol. The van der Waals surface area contributed by atoms with E-state index >= 15 is 0 Å². The molecule has 0 aromatic heterocycles. The summed E-state index contributed by atoms with van der Waals surface area (Å²) in [5.74, 6) is -1.54. The first-order valence-electron chi connectivity index (χ1n) is 12.8. The van der Waals surface area contributed by atoms with Gasteiger partial charge in [-0.3, -0.25) is 9.59 Å². The van der Waals surface area contributed by atoms with Crippen LogP contribution in [0.15, 0.2) is 12.2 Å². The largest absolute Gasteiger partial charge is 0.481 e. The zero-order chi connectivity index (χ0) is 23.7. The second-order valence-electron chi connectivity index (χ2n) is 9.40. The Morgan fingerprint density at radius 3 is 1.97 bits per heavy atom. The summed E-state index contributed by atoms with van der Waals surface area (Å²) in [6.07, 6.45) is 21.6. The van der Waals surface area contributed by atoms with Gasteiger partial charge in [0.25, 0.3) is 0 Å². The van der Waals surface area contributed by atoms with E-state index in [1.807, 2.05) is 6.08 Å². The number of carboxylic acid groups (broad SMARTS) is 2. The van der Waals surface area contributed by atoms with Crippen LogP contribution in [-0.2, 0) is 9.59 Å². The summed E-state index contributed by atoms with van der Waals surface area (Å²) >= 11 is 1.48. The molecule has 0 saturated heterocycles. The molecule has 186 valence electrons. The van der Waals surface area contributed by atoms with Crippen LogP contribution in [-0.4, -0.2) is 43.9 Å². The van der Waals surface area contributed by atoms with E-state index in [2.05, 4.69) is 13.0 Å². The molecule has 0 aromatic rings. The van der Waals surface area contributed by atoms with E-state index in [1.54, 1.807) is 0 Å². The number of carboxylic acids is 2. The molecule has 6 heteroatoms. The quantitative estimate of drug-likeness (QED) is 0.141. The Kier molecular flexibility index (Phi) is 15.8. The second-order valence-corrected chi connectivity index (χ2v) is 10.7. The third-order valence-corrected chi connectivity index (χ3v) is 8.02. The number of rotatable bonds is 19. The molecule has 0 amide bonds. The molecule has 1 rings (SSSR count). The number of carbonyl (C=O) groups is 2. The molecular weight excluding hydrogens is 424 g/mol. The average molecular weight is 471 g/mol. The Labute approximate surface area is 199 Å². The number of thioether (sulfide) groups is 1. The van der Waals surface area contributed by atoms with Crippen molar-refractivity contribution >= 4 is 23.7 Å². The summed E-state index contributed by atoms with van der Waals surface area (Å²) < 4.78 is 0. The fourth-order valence-electron chi connectivity index (χ4n) is 4.46. The summed E-state index contributed by atoms with van der Waals surface area (Å²) in [6.45, 7) is 2.25. The van der Waals surface area contributed by atoms with Gasteiger partial charge in [0.1, 0.15) is 0 Å². The van der Waals surface area contributed by atoms with Crippen molar-refractivity contribution in [1.29, 1.82) is 0 Å². The normalized spacial score (nSPS) is 22.2. The number of aliphatic carboxylic acids is 2. The van der Waals surface area contributed by atoms with Crippen LogP contribution in [0.25, 0.3) is 0 Å². The number of hydrogen-bond acceptors (Lipinski definition) is 4. The summed E-state index contributed by atoms with van der Waals surface area (Å²) in [4.78, 5) is 22.1.